The second kappa shape index (κ2) is 9.09. The van der Waals surface area contributed by atoms with E-state index in [4.69, 9.17) is 4.74 Å². The van der Waals surface area contributed by atoms with Gasteiger partial charge in [-0.3, -0.25) is 4.79 Å². The number of methoxy groups -OCH3 is 1. The molecule has 4 heteroatoms. The van der Waals surface area contributed by atoms with Gasteiger partial charge < -0.3 is 14.5 Å². The molecule has 0 radical (unpaired) electrons. The van der Waals surface area contributed by atoms with Crippen molar-refractivity contribution >= 4 is 5.91 Å². The van der Waals surface area contributed by atoms with E-state index in [2.05, 4.69) is 24.0 Å². The quantitative estimate of drug-likeness (QED) is 0.657. The van der Waals surface area contributed by atoms with Crippen LogP contribution in [0.15, 0.2) is 24.3 Å². The van der Waals surface area contributed by atoms with Crippen LogP contribution in [0.5, 0.6) is 5.75 Å². The van der Waals surface area contributed by atoms with Crippen molar-refractivity contribution in [2.24, 2.45) is 11.3 Å². The Morgan fingerprint density at radius 2 is 1.96 bits per heavy atom. The van der Waals surface area contributed by atoms with Crippen molar-refractivity contribution in [1.29, 1.82) is 0 Å². The first-order valence-electron chi connectivity index (χ1n) is 10.6. The van der Waals surface area contributed by atoms with Gasteiger partial charge in [0.25, 0.3) is 0 Å². The number of benzene rings is 1. The summed E-state index contributed by atoms with van der Waals surface area (Å²) in [6, 6.07) is 8.31. The fraction of sp³-hybridized carbons (Fsp3) is 0.696. The first-order chi connectivity index (χ1) is 13.0. The number of ether oxygens (including phenoxy) is 1. The van der Waals surface area contributed by atoms with Crippen molar-refractivity contribution in [3.8, 4) is 5.75 Å². The van der Waals surface area contributed by atoms with E-state index in [-0.39, 0.29) is 0 Å². The molecule has 1 heterocycles. The highest BCUT2D eigenvalue weighted by molar-refractivity contribution is 5.75. The Morgan fingerprint density at radius 1 is 1.26 bits per heavy atom. The molecule has 1 saturated heterocycles. The van der Waals surface area contributed by atoms with Crippen LogP contribution in [0.25, 0.3) is 0 Å². The smallest absolute Gasteiger partial charge is 0.222 e. The van der Waals surface area contributed by atoms with Crippen molar-refractivity contribution in [1.82, 2.24) is 9.80 Å². The summed E-state index contributed by atoms with van der Waals surface area (Å²) < 4.78 is 5.46. The molecule has 0 N–H and O–H groups in total. The molecule has 150 valence electrons. The summed E-state index contributed by atoms with van der Waals surface area (Å²) in [5, 5.41) is 0. The molecule has 0 aromatic heterocycles. The largest absolute Gasteiger partial charge is 0.496 e. The van der Waals surface area contributed by atoms with Gasteiger partial charge in [-0.15, -0.1) is 0 Å². The number of carbonyl (C=O) groups is 1. The van der Waals surface area contributed by atoms with E-state index in [1.807, 2.05) is 24.1 Å². The van der Waals surface area contributed by atoms with Crippen LogP contribution < -0.4 is 4.74 Å². The van der Waals surface area contributed by atoms with E-state index >= 15 is 0 Å². The van der Waals surface area contributed by atoms with Gasteiger partial charge in [-0.05, 0) is 74.6 Å². The Kier molecular flexibility index (Phi) is 6.80. The minimum Gasteiger partial charge on any atom is -0.496 e. The van der Waals surface area contributed by atoms with Crippen LogP contribution in [-0.2, 0) is 11.2 Å². The van der Waals surface area contributed by atoms with Gasteiger partial charge in [0.15, 0.2) is 0 Å². The number of likely N-dealkylation sites (tertiary alicyclic amines) is 1. The zero-order valence-corrected chi connectivity index (χ0v) is 17.4. The number of para-hydroxylation sites is 1. The normalized spacial score (nSPS) is 19.7. The molecule has 2 fully saturated rings. The molecule has 1 aliphatic heterocycles. The molecule has 3 rings (SSSR count). The molecule has 1 saturated carbocycles. The molecular weight excluding hydrogens is 336 g/mol. The first kappa shape index (κ1) is 20.2. The van der Waals surface area contributed by atoms with Gasteiger partial charge in [0, 0.05) is 26.6 Å². The molecule has 0 atom stereocenters. The van der Waals surface area contributed by atoms with Crippen LogP contribution in [0.1, 0.15) is 51.0 Å². The molecule has 1 aromatic carbocycles. The fourth-order valence-corrected chi connectivity index (χ4v) is 4.13. The average molecular weight is 373 g/mol. The molecular formula is C23H36N2O2. The first-order valence-corrected chi connectivity index (χ1v) is 10.6. The SMILES string of the molecule is COc1ccccc1CCN1CCC(CN(C)C(=O)CCC2(C)CC2)CC1. The van der Waals surface area contributed by atoms with E-state index < -0.39 is 0 Å². The zero-order chi connectivity index (χ0) is 19.3. The average Bonchev–Trinajstić information content (AvgIpc) is 3.43. The maximum atomic E-state index is 12.4. The molecule has 0 unspecified atom stereocenters. The molecule has 0 bridgehead atoms. The van der Waals surface area contributed by atoms with E-state index in [1.165, 1.54) is 31.2 Å². The van der Waals surface area contributed by atoms with Crippen molar-refractivity contribution in [2.75, 3.05) is 40.3 Å². The zero-order valence-electron chi connectivity index (χ0n) is 17.4. The number of hydrogen-bond donors (Lipinski definition) is 0. The third kappa shape index (κ3) is 5.97. The van der Waals surface area contributed by atoms with E-state index in [0.29, 0.717) is 17.2 Å². The molecule has 2 aliphatic rings. The number of rotatable bonds is 9. The maximum Gasteiger partial charge on any atom is 0.222 e. The Bertz CT molecular complexity index is 619. The lowest BCUT2D eigenvalue weighted by molar-refractivity contribution is -0.131. The van der Waals surface area contributed by atoms with Gasteiger partial charge in [0.1, 0.15) is 5.75 Å². The highest BCUT2D eigenvalue weighted by atomic mass is 16.5. The summed E-state index contributed by atoms with van der Waals surface area (Å²) in [6.45, 7) is 6.59. The van der Waals surface area contributed by atoms with Crippen molar-refractivity contribution in [2.45, 2.75) is 51.9 Å². The second-order valence-corrected chi connectivity index (χ2v) is 8.93. The van der Waals surface area contributed by atoms with E-state index in [9.17, 15) is 4.79 Å². The lowest BCUT2D eigenvalue weighted by Crippen LogP contribution is -2.40. The fourth-order valence-electron chi connectivity index (χ4n) is 4.13. The standard InChI is InChI=1S/C23H36N2O2/c1-23(13-14-23)12-8-22(26)24(2)18-19-9-15-25(16-10-19)17-11-20-6-4-5-7-21(20)27-3/h4-7,19H,8-18H2,1-3H3. The second-order valence-electron chi connectivity index (χ2n) is 8.93. The molecule has 0 spiro atoms. The van der Waals surface area contributed by atoms with Crippen LogP contribution in [0.2, 0.25) is 0 Å². The number of nitrogens with zero attached hydrogens (tertiary/aromatic N) is 2. The number of amides is 1. The van der Waals surface area contributed by atoms with Gasteiger partial charge in [0.05, 0.1) is 7.11 Å². The van der Waals surface area contributed by atoms with E-state index in [1.54, 1.807) is 7.11 Å². The van der Waals surface area contributed by atoms with Gasteiger partial charge in [-0.2, -0.15) is 0 Å². The minimum absolute atomic E-state index is 0.335. The predicted octanol–water partition coefficient (Wildman–Crippen LogP) is 3.99. The van der Waals surface area contributed by atoms with Gasteiger partial charge in [-0.25, -0.2) is 0 Å². The van der Waals surface area contributed by atoms with Gasteiger partial charge >= 0.3 is 0 Å². The summed E-state index contributed by atoms with van der Waals surface area (Å²) in [5.41, 5.74) is 1.76. The van der Waals surface area contributed by atoms with Gasteiger partial charge in [0.2, 0.25) is 5.91 Å². The Hall–Kier alpha value is -1.55. The van der Waals surface area contributed by atoms with E-state index in [0.717, 1.165) is 51.2 Å². The van der Waals surface area contributed by atoms with Crippen LogP contribution in [-0.4, -0.2) is 56.0 Å². The topological polar surface area (TPSA) is 32.8 Å². The van der Waals surface area contributed by atoms with Crippen LogP contribution >= 0.6 is 0 Å². The molecule has 27 heavy (non-hydrogen) atoms. The highest BCUT2D eigenvalue weighted by Gasteiger charge is 2.37. The summed E-state index contributed by atoms with van der Waals surface area (Å²) in [5.74, 6) is 1.98. The van der Waals surface area contributed by atoms with Crippen molar-refractivity contribution < 1.29 is 9.53 Å². The minimum atomic E-state index is 0.335. The maximum absolute atomic E-state index is 12.4. The summed E-state index contributed by atoms with van der Waals surface area (Å²) in [7, 11) is 3.73. The van der Waals surface area contributed by atoms with Crippen molar-refractivity contribution in [3.63, 3.8) is 0 Å². The monoisotopic (exact) mass is 372 g/mol. The third-order valence-corrected chi connectivity index (χ3v) is 6.60. The van der Waals surface area contributed by atoms with Crippen molar-refractivity contribution in [3.05, 3.63) is 29.8 Å². The number of carbonyl (C=O) groups excluding carboxylic acids is 1. The van der Waals surface area contributed by atoms with Gasteiger partial charge in [-0.1, -0.05) is 25.1 Å². The summed E-state index contributed by atoms with van der Waals surface area (Å²) in [4.78, 5) is 16.9. The summed E-state index contributed by atoms with van der Waals surface area (Å²) >= 11 is 0. The Morgan fingerprint density at radius 3 is 2.63 bits per heavy atom. The number of hydrogen-bond acceptors (Lipinski definition) is 3. The molecule has 1 amide bonds. The molecule has 1 aromatic rings. The lowest BCUT2D eigenvalue weighted by Gasteiger charge is -2.34. The van der Waals surface area contributed by atoms with Crippen LogP contribution in [0, 0.1) is 11.3 Å². The number of piperidine rings is 1. The Labute approximate surface area is 164 Å². The Balaban J connectivity index is 1.35. The predicted molar refractivity (Wildman–Crippen MR) is 110 cm³/mol. The summed E-state index contributed by atoms with van der Waals surface area (Å²) in [6.07, 6.45) is 7.82. The molecule has 4 nitrogen and oxygen atoms in total. The molecule has 1 aliphatic carbocycles. The third-order valence-electron chi connectivity index (χ3n) is 6.60. The highest BCUT2D eigenvalue weighted by Crippen LogP contribution is 2.48. The van der Waals surface area contributed by atoms with Crippen LogP contribution in [0.3, 0.4) is 0 Å². The van der Waals surface area contributed by atoms with Crippen LogP contribution in [0.4, 0.5) is 0 Å². The lowest BCUT2D eigenvalue weighted by atomic mass is 9.95.